The molecule has 2 nitrogen and oxygen atoms in total. The first-order chi connectivity index (χ1) is 8.49. The highest BCUT2D eigenvalue weighted by Crippen LogP contribution is 2.29. The average molecular weight is 258 g/mol. The molecule has 1 aliphatic rings. The number of nitrogens with zero attached hydrogens (tertiary/aromatic N) is 1. The van der Waals surface area contributed by atoms with Crippen LogP contribution in [0.3, 0.4) is 0 Å². The summed E-state index contributed by atoms with van der Waals surface area (Å²) < 4.78 is 37.4. The molecule has 0 spiro atoms. The summed E-state index contributed by atoms with van der Waals surface area (Å²) in [6.45, 7) is 2.07. The van der Waals surface area contributed by atoms with E-state index in [-0.39, 0.29) is 0 Å². The van der Waals surface area contributed by atoms with Crippen LogP contribution in [-0.4, -0.2) is 25.8 Å². The Morgan fingerprint density at radius 3 is 2.78 bits per heavy atom. The second kappa shape index (κ2) is 5.08. The van der Waals surface area contributed by atoms with Crippen LogP contribution in [0.25, 0.3) is 0 Å². The third-order valence-corrected chi connectivity index (χ3v) is 3.15. The van der Waals surface area contributed by atoms with Gasteiger partial charge in [0.2, 0.25) is 0 Å². The fourth-order valence-electron chi connectivity index (χ4n) is 2.25. The number of benzene rings is 1. The summed E-state index contributed by atoms with van der Waals surface area (Å²) in [5, 5.41) is 3.24. The first-order valence-corrected chi connectivity index (χ1v) is 6.18. The molecule has 1 N–H and O–H groups in total. The number of hydrogen-bond donors (Lipinski definition) is 1. The second-order valence-electron chi connectivity index (χ2n) is 4.50. The number of aryl methyl sites for hydroxylation is 1. The third kappa shape index (κ3) is 3.09. The van der Waals surface area contributed by atoms with E-state index in [2.05, 4.69) is 5.32 Å². The fourth-order valence-corrected chi connectivity index (χ4v) is 2.25. The summed E-state index contributed by atoms with van der Waals surface area (Å²) in [7, 11) is 0. The van der Waals surface area contributed by atoms with E-state index < -0.39 is 12.7 Å². The SMILES string of the molecule is CCN(CC(F)(F)F)c1ccc2c(c1)NCCC2. The zero-order valence-corrected chi connectivity index (χ0v) is 10.3. The highest BCUT2D eigenvalue weighted by Gasteiger charge is 2.30. The Morgan fingerprint density at radius 1 is 1.33 bits per heavy atom. The molecule has 0 aromatic heterocycles. The summed E-state index contributed by atoms with van der Waals surface area (Å²) in [6.07, 6.45) is -2.10. The van der Waals surface area contributed by atoms with Gasteiger partial charge in [0.05, 0.1) is 0 Å². The fraction of sp³-hybridized carbons (Fsp3) is 0.538. The van der Waals surface area contributed by atoms with Crippen LogP contribution in [0.5, 0.6) is 0 Å². The normalized spacial score (nSPS) is 14.9. The van der Waals surface area contributed by atoms with Crippen molar-refractivity contribution in [3.05, 3.63) is 23.8 Å². The van der Waals surface area contributed by atoms with Crippen LogP contribution in [0.4, 0.5) is 24.5 Å². The van der Waals surface area contributed by atoms with Crippen LogP contribution in [0.1, 0.15) is 18.9 Å². The summed E-state index contributed by atoms with van der Waals surface area (Å²) in [4.78, 5) is 1.34. The van der Waals surface area contributed by atoms with E-state index in [0.717, 1.165) is 25.1 Å². The minimum absolute atomic E-state index is 0.346. The standard InChI is InChI=1S/C13H17F3N2/c1-2-18(9-13(14,15)16)11-6-5-10-4-3-7-17-12(10)8-11/h5-6,8,17H,2-4,7,9H2,1H3. The van der Waals surface area contributed by atoms with E-state index in [4.69, 9.17) is 0 Å². The highest BCUT2D eigenvalue weighted by atomic mass is 19.4. The van der Waals surface area contributed by atoms with E-state index in [1.54, 1.807) is 13.0 Å². The van der Waals surface area contributed by atoms with Gasteiger partial charge in [-0.2, -0.15) is 13.2 Å². The maximum Gasteiger partial charge on any atom is 0.405 e. The molecule has 1 aliphatic heterocycles. The van der Waals surface area contributed by atoms with Crippen molar-refractivity contribution in [2.75, 3.05) is 29.9 Å². The van der Waals surface area contributed by atoms with Crippen LogP contribution >= 0.6 is 0 Å². The van der Waals surface area contributed by atoms with E-state index in [0.29, 0.717) is 12.2 Å². The molecule has 1 aromatic carbocycles. The molecule has 5 heteroatoms. The van der Waals surface area contributed by atoms with Gasteiger partial charge in [-0.3, -0.25) is 0 Å². The predicted molar refractivity (Wildman–Crippen MR) is 67.2 cm³/mol. The smallest absolute Gasteiger partial charge is 0.385 e. The molecule has 0 bridgehead atoms. The van der Waals surface area contributed by atoms with Gasteiger partial charge in [-0.25, -0.2) is 0 Å². The lowest BCUT2D eigenvalue weighted by Crippen LogP contribution is -2.34. The number of fused-ring (bicyclic) bond motifs is 1. The zero-order valence-electron chi connectivity index (χ0n) is 10.3. The van der Waals surface area contributed by atoms with Gasteiger partial charge in [0, 0.05) is 24.5 Å². The van der Waals surface area contributed by atoms with Crippen molar-refractivity contribution in [1.29, 1.82) is 0 Å². The topological polar surface area (TPSA) is 15.3 Å². The number of hydrogen-bond acceptors (Lipinski definition) is 2. The molecule has 0 atom stereocenters. The highest BCUT2D eigenvalue weighted by molar-refractivity contribution is 5.63. The van der Waals surface area contributed by atoms with E-state index in [9.17, 15) is 13.2 Å². The molecular weight excluding hydrogens is 241 g/mol. The molecular formula is C13H17F3N2. The molecule has 0 unspecified atom stereocenters. The largest absolute Gasteiger partial charge is 0.405 e. The molecule has 0 amide bonds. The lowest BCUT2D eigenvalue weighted by Gasteiger charge is -2.26. The minimum Gasteiger partial charge on any atom is -0.385 e. The van der Waals surface area contributed by atoms with Gasteiger partial charge in [0.1, 0.15) is 6.54 Å². The Morgan fingerprint density at radius 2 is 2.11 bits per heavy atom. The molecule has 0 saturated carbocycles. The van der Waals surface area contributed by atoms with Crippen molar-refractivity contribution >= 4 is 11.4 Å². The summed E-state index contributed by atoms with van der Waals surface area (Å²) in [5.74, 6) is 0. The van der Waals surface area contributed by atoms with Gasteiger partial charge >= 0.3 is 6.18 Å². The van der Waals surface area contributed by atoms with Crippen LogP contribution in [0.2, 0.25) is 0 Å². The van der Waals surface area contributed by atoms with Crippen molar-refractivity contribution in [2.24, 2.45) is 0 Å². The molecule has 2 rings (SSSR count). The van der Waals surface area contributed by atoms with Crippen LogP contribution in [-0.2, 0) is 6.42 Å². The van der Waals surface area contributed by atoms with E-state index in [1.165, 1.54) is 10.5 Å². The van der Waals surface area contributed by atoms with E-state index >= 15 is 0 Å². The van der Waals surface area contributed by atoms with Gasteiger partial charge < -0.3 is 10.2 Å². The Labute approximate surface area is 105 Å². The Hall–Kier alpha value is -1.39. The van der Waals surface area contributed by atoms with Gasteiger partial charge in [0.15, 0.2) is 0 Å². The van der Waals surface area contributed by atoms with Crippen molar-refractivity contribution in [3.63, 3.8) is 0 Å². The zero-order chi connectivity index (χ0) is 13.2. The van der Waals surface area contributed by atoms with Crippen LogP contribution in [0.15, 0.2) is 18.2 Å². The van der Waals surface area contributed by atoms with E-state index in [1.807, 2.05) is 12.1 Å². The number of alkyl halides is 3. The molecule has 1 aromatic rings. The number of nitrogens with one attached hydrogen (secondary N) is 1. The molecule has 0 radical (unpaired) electrons. The maximum absolute atomic E-state index is 12.5. The quantitative estimate of drug-likeness (QED) is 0.893. The molecule has 0 fully saturated rings. The predicted octanol–water partition coefficient (Wildman–Crippen LogP) is 3.43. The van der Waals surface area contributed by atoms with Crippen LogP contribution in [0, 0.1) is 0 Å². The minimum atomic E-state index is -4.17. The third-order valence-electron chi connectivity index (χ3n) is 3.15. The molecule has 1 heterocycles. The Bertz CT molecular complexity index is 415. The molecule has 0 saturated heterocycles. The summed E-state index contributed by atoms with van der Waals surface area (Å²) in [5.41, 5.74) is 2.79. The first kappa shape index (κ1) is 13.1. The maximum atomic E-state index is 12.5. The van der Waals surface area contributed by atoms with Gasteiger partial charge in [-0.05, 0) is 37.5 Å². The number of halogens is 3. The summed E-state index contributed by atoms with van der Waals surface area (Å²) >= 11 is 0. The Balaban J connectivity index is 2.21. The molecule has 100 valence electrons. The van der Waals surface area contributed by atoms with Crippen molar-refractivity contribution in [1.82, 2.24) is 0 Å². The van der Waals surface area contributed by atoms with Crippen molar-refractivity contribution < 1.29 is 13.2 Å². The lowest BCUT2D eigenvalue weighted by molar-refractivity contribution is -0.119. The lowest BCUT2D eigenvalue weighted by atomic mass is 10.0. The van der Waals surface area contributed by atoms with Crippen LogP contribution < -0.4 is 10.2 Å². The van der Waals surface area contributed by atoms with Crippen molar-refractivity contribution in [3.8, 4) is 0 Å². The molecule has 0 aliphatic carbocycles. The molecule has 18 heavy (non-hydrogen) atoms. The number of anilines is 2. The second-order valence-corrected chi connectivity index (χ2v) is 4.50. The number of rotatable bonds is 3. The average Bonchev–Trinajstić information content (AvgIpc) is 2.34. The van der Waals surface area contributed by atoms with Crippen molar-refractivity contribution in [2.45, 2.75) is 25.9 Å². The summed E-state index contributed by atoms with van der Waals surface area (Å²) in [6, 6.07) is 5.53. The van der Waals surface area contributed by atoms with Gasteiger partial charge in [0.25, 0.3) is 0 Å². The van der Waals surface area contributed by atoms with Gasteiger partial charge in [-0.15, -0.1) is 0 Å². The Kier molecular flexibility index (Phi) is 3.68. The monoisotopic (exact) mass is 258 g/mol. The first-order valence-electron chi connectivity index (χ1n) is 6.18. The van der Waals surface area contributed by atoms with Gasteiger partial charge in [-0.1, -0.05) is 6.07 Å².